The molecule has 1 aromatic carbocycles. The predicted octanol–water partition coefficient (Wildman–Crippen LogP) is 3.55. The summed E-state index contributed by atoms with van der Waals surface area (Å²) in [6.45, 7) is 4.52. The van der Waals surface area contributed by atoms with Crippen LogP contribution in [0, 0.1) is 13.8 Å². The molecule has 1 aliphatic rings. The van der Waals surface area contributed by atoms with Gasteiger partial charge in [-0.15, -0.1) is 11.8 Å². The zero-order chi connectivity index (χ0) is 20.2. The van der Waals surface area contributed by atoms with Gasteiger partial charge in [0, 0.05) is 17.5 Å². The second-order valence-electron chi connectivity index (χ2n) is 6.66. The average Bonchev–Trinajstić information content (AvgIpc) is 3.08. The number of thioether (sulfide) groups is 1. The molecule has 1 N–H and O–H groups in total. The van der Waals surface area contributed by atoms with Gasteiger partial charge in [-0.2, -0.15) is 0 Å². The Bertz CT molecular complexity index is 1000. The Morgan fingerprint density at radius 3 is 2.83 bits per heavy atom. The van der Waals surface area contributed by atoms with E-state index in [-0.39, 0.29) is 12.0 Å². The highest BCUT2D eigenvalue weighted by Crippen LogP contribution is 2.31. The van der Waals surface area contributed by atoms with Crippen molar-refractivity contribution in [1.29, 1.82) is 0 Å². The molecule has 1 amide bonds. The number of ether oxygens (including phenoxy) is 2. The third kappa shape index (κ3) is 4.37. The van der Waals surface area contributed by atoms with Crippen LogP contribution in [0.2, 0.25) is 0 Å². The third-order valence-corrected chi connectivity index (χ3v) is 5.64. The predicted molar refractivity (Wildman–Crippen MR) is 108 cm³/mol. The van der Waals surface area contributed by atoms with E-state index in [1.165, 1.54) is 11.8 Å². The molecule has 2 aromatic heterocycles. The molecule has 1 aliphatic heterocycles. The van der Waals surface area contributed by atoms with Crippen molar-refractivity contribution >= 4 is 17.7 Å². The van der Waals surface area contributed by atoms with Crippen LogP contribution in [0.25, 0.3) is 0 Å². The van der Waals surface area contributed by atoms with Crippen molar-refractivity contribution in [3.05, 3.63) is 65.2 Å². The number of hydrogen-bond donors (Lipinski definition) is 1. The van der Waals surface area contributed by atoms with Crippen molar-refractivity contribution in [2.45, 2.75) is 30.7 Å². The number of hydrogen-bond acceptors (Lipinski definition) is 7. The summed E-state index contributed by atoms with van der Waals surface area (Å²) in [5.41, 5.74) is 2.41. The largest absolute Gasteiger partial charge is 0.486 e. The minimum atomic E-state index is -0.246. The summed E-state index contributed by atoms with van der Waals surface area (Å²) in [5, 5.41) is 7.56. The summed E-state index contributed by atoms with van der Waals surface area (Å²) in [7, 11) is 0. The summed E-state index contributed by atoms with van der Waals surface area (Å²) >= 11 is 1.49. The first-order chi connectivity index (χ1) is 14.1. The zero-order valence-corrected chi connectivity index (χ0v) is 17.0. The van der Waals surface area contributed by atoms with E-state index < -0.39 is 0 Å². The number of carbonyl (C=O) groups excluding carboxylic acids is 1. The van der Waals surface area contributed by atoms with Crippen LogP contribution in [0.15, 0.2) is 52.1 Å². The number of amides is 1. The Morgan fingerprint density at radius 2 is 2.03 bits per heavy atom. The SMILES string of the molecule is Cc1noc(C)c1CSc1ncccc1C(=O)NCC1COc2ccccc2O1. The number of nitrogens with zero attached hydrogens (tertiary/aromatic N) is 2. The van der Waals surface area contributed by atoms with Crippen LogP contribution in [0.4, 0.5) is 0 Å². The molecule has 0 saturated carbocycles. The van der Waals surface area contributed by atoms with E-state index in [1.807, 2.05) is 38.1 Å². The van der Waals surface area contributed by atoms with Gasteiger partial charge in [-0.1, -0.05) is 17.3 Å². The highest BCUT2D eigenvalue weighted by atomic mass is 32.2. The molecule has 29 heavy (non-hydrogen) atoms. The van der Waals surface area contributed by atoms with Crippen LogP contribution in [-0.4, -0.2) is 35.3 Å². The van der Waals surface area contributed by atoms with Gasteiger partial charge in [0.25, 0.3) is 5.91 Å². The van der Waals surface area contributed by atoms with Crippen molar-refractivity contribution in [2.75, 3.05) is 13.2 Å². The lowest BCUT2D eigenvalue weighted by Gasteiger charge is -2.26. The van der Waals surface area contributed by atoms with Gasteiger partial charge in [-0.05, 0) is 38.1 Å². The van der Waals surface area contributed by atoms with Gasteiger partial charge < -0.3 is 19.3 Å². The Balaban J connectivity index is 1.38. The van der Waals surface area contributed by atoms with Crippen LogP contribution in [0.5, 0.6) is 11.5 Å². The highest BCUT2D eigenvalue weighted by Gasteiger charge is 2.22. The molecule has 7 nitrogen and oxygen atoms in total. The van der Waals surface area contributed by atoms with Crippen LogP contribution >= 0.6 is 11.8 Å². The average molecular weight is 411 g/mol. The summed E-state index contributed by atoms with van der Waals surface area (Å²) in [4.78, 5) is 17.1. The molecule has 0 saturated heterocycles. The molecule has 1 atom stereocenters. The topological polar surface area (TPSA) is 86.5 Å². The van der Waals surface area contributed by atoms with E-state index >= 15 is 0 Å². The van der Waals surface area contributed by atoms with E-state index in [1.54, 1.807) is 18.3 Å². The van der Waals surface area contributed by atoms with E-state index in [0.29, 0.717) is 35.2 Å². The van der Waals surface area contributed by atoms with Crippen LogP contribution in [0.3, 0.4) is 0 Å². The number of fused-ring (bicyclic) bond motifs is 1. The number of nitrogens with one attached hydrogen (secondary N) is 1. The molecule has 150 valence electrons. The lowest BCUT2D eigenvalue weighted by Crippen LogP contribution is -2.40. The first-order valence-corrected chi connectivity index (χ1v) is 10.3. The smallest absolute Gasteiger partial charge is 0.254 e. The van der Waals surface area contributed by atoms with Gasteiger partial charge in [0.2, 0.25) is 0 Å². The number of carbonyl (C=O) groups is 1. The lowest BCUT2D eigenvalue weighted by molar-refractivity contribution is 0.0787. The molecule has 0 radical (unpaired) electrons. The summed E-state index contributed by atoms with van der Waals surface area (Å²) < 4.78 is 16.8. The molecule has 3 aromatic rings. The molecular weight excluding hydrogens is 390 g/mol. The normalized spacial score (nSPS) is 15.2. The van der Waals surface area contributed by atoms with Crippen LogP contribution < -0.4 is 14.8 Å². The fraction of sp³-hybridized carbons (Fsp3) is 0.286. The first kappa shape index (κ1) is 19.3. The quantitative estimate of drug-likeness (QED) is 0.621. The Kier molecular flexibility index (Phi) is 5.71. The van der Waals surface area contributed by atoms with E-state index in [9.17, 15) is 4.79 Å². The van der Waals surface area contributed by atoms with Crippen LogP contribution in [0.1, 0.15) is 27.4 Å². The Labute approximate surface area is 172 Å². The van der Waals surface area contributed by atoms with Crippen molar-refractivity contribution < 1.29 is 18.8 Å². The fourth-order valence-corrected chi connectivity index (χ4v) is 4.14. The van der Waals surface area contributed by atoms with Gasteiger partial charge in [-0.25, -0.2) is 4.98 Å². The summed E-state index contributed by atoms with van der Waals surface area (Å²) in [6, 6.07) is 11.0. The van der Waals surface area contributed by atoms with Crippen molar-refractivity contribution in [1.82, 2.24) is 15.5 Å². The van der Waals surface area contributed by atoms with Crippen LogP contribution in [-0.2, 0) is 5.75 Å². The maximum Gasteiger partial charge on any atom is 0.254 e. The summed E-state index contributed by atoms with van der Waals surface area (Å²) in [5.74, 6) is 2.64. The van der Waals surface area contributed by atoms with E-state index in [2.05, 4.69) is 15.5 Å². The first-order valence-electron chi connectivity index (χ1n) is 9.28. The van der Waals surface area contributed by atoms with Crippen molar-refractivity contribution in [2.24, 2.45) is 0 Å². The maximum atomic E-state index is 12.8. The minimum absolute atomic E-state index is 0.193. The molecule has 4 rings (SSSR count). The minimum Gasteiger partial charge on any atom is -0.486 e. The monoisotopic (exact) mass is 411 g/mol. The number of pyridine rings is 1. The molecule has 3 heterocycles. The highest BCUT2D eigenvalue weighted by molar-refractivity contribution is 7.98. The van der Waals surface area contributed by atoms with E-state index in [0.717, 1.165) is 22.8 Å². The second kappa shape index (κ2) is 8.57. The molecule has 1 unspecified atom stereocenters. The third-order valence-electron chi connectivity index (χ3n) is 4.61. The number of benzene rings is 1. The number of rotatable bonds is 6. The lowest BCUT2D eigenvalue weighted by atomic mass is 10.2. The number of para-hydroxylation sites is 2. The van der Waals surface area contributed by atoms with Gasteiger partial charge in [0.15, 0.2) is 11.5 Å². The van der Waals surface area contributed by atoms with Gasteiger partial charge in [0.05, 0.1) is 17.8 Å². The second-order valence-corrected chi connectivity index (χ2v) is 7.62. The molecule has 8 heteroatoms. The van der Waals surface area contributed by atoms with Crippen molar-refractivity contribution in [3.8, 4) is 11.5 Å². The zero-order valence-electron chi connectivity index (χ0n) is 16.2. The van der Waals surface area contributed by atoms with Gasteiger partial charge in [-0.3, -0.25) is 4.79 Å². The molecule has 0 fully saturated rings. The Morgan fingerprint density at radius 1 is 1.21 bits per heavy atom. The van der Waals surface area contributed by atoms with Gasteiger partial charge >= 0.3 is 0 Å². The molecule has 0 aliphatic carbocycles. The maximum absolute atomic E-state index is 12.8. The fourth-order valence-electron chi connectivity index (χ4n) is 2.99. The standard InChI is InChI=1S/C21H21N3O4S/c1-13-17(14(2)28-24-13)12-29-21-16(6-5-9-22-21)20(25)23-10-15-11-26-18-7-3-4-8-19(18)27-15/h3-9,15H,10-12H2,1-2H3,(H,23,25). The van der Waals surface area contributed by atoms with Crippen molar-refractivity contribution in [3.63, 3.8) is 0 Å². The summed E-state index contributed by atoms with van der Waals surface area (Å²) in [6.07, 6.45) is 1.44. The number of aromatic nitrogens is 2. The Hall–Kier alpha value is -3.00. The molecular formula is C21H21N3O4S. The van der Waals surface area contributed by atoms with Gasteiger partial charge in [0.1, 0.15) is 23.5 Å². The molecule has 0 spiro atoms. The molecule has 0 bridgehead atoms. The van der Waals surface area contributed by atoms with E-state index in [4.69, 9.17) is 14.0 Å². The number of aryl methyl sites for hydroxylation is 2.